The number of nitrogens with zero attached hydrogens (tertiary/aromatic N) is 7. The van der Waals surface area contributed by atoms with Gasteiger partial charge in [-0.1, -0.05) is 0 Å². The molecule has 7 heteroatoms. The minimum atomic E-state index is 0.613. The van der Waals surface area contributed by atoms with Gasteiger partial charge in [-0.05, 0) is 44.2 Å². The lowest BCUT2D eigenvalue weighted by Gasteiger charge is -1.98. The molecule has 25 heavy (non-hydrogen) atoms. The summed E-state index contributed by atoms with van der Waals surface area (Å²) in [4.78, 5) is 17.5. The van der Waals surface area contributed by atoms with Crippen molar-refractivity contribution in [1.29, 1.82) is 0 Å². The topological polar surface area (TPSA) is 73.8 Å². The van der Waals surface area contributed by atoms with E-state index < -0.39 is 0 Å². The van der Waals surface area contributed by atoms with Crippen molar-refractivity contribution in [3.63, 3.8) is 0 Å². The van der Waals surface area contributed by atoms with Crippen LogP contribution in [0.25, 0.3) is 29.3 Å². The third-order valence-corrected chi connectivity index (χ3v) is 4.07. The van der Waals surface area contributed by atoms with E-state index in [-0.39, 0.29) is 0 Å². The first-order valence-corrected chi connectivity index (χ1v) is 7.93. The fourth-order valence-electron chi connectivity index (χ4n) is 2.59. The molecule has 0 aliphatic heterocycles. The third-order valence-electron chi connectivity index (χ3n) is 4.07. The highest BCUT2D eigenvalue weighted by Gasteiger charge is 2.08. The van der Waals surface area contributed by atoms with Crippen molar-refractivity contribution in [3.05, 3.63) is 59.7 Å². The average molecular weight is 331 g/mol. The molecule has 4 rings (SSSR count). The molecule has 0 fully saturated rings. The summed E-state index contributed by atoms with van der Waals surface area (Å²) in [7, 11) is 1.94. The lowest BCUT2D eigenvalue weighted by atomic mass is 10.3. The number of rotatable bonds is 3. The van der Waals surface area contributed by atoms with E-state index >= 15 is 0 Å². The lowest BCUT2D eigenvalue weighted by molar-refractivity contribution is 0.886. The minimum absolute atomic E-state index is 0.613. The predicted molar refractivity (Wildman–Crippen MR) is 95.6 cm³/mol. The zero-order valence-electron chi connectivity index (χ0n) is 14.2. The molecule has 0 bridgehead atoms. The Morgan fingerprint density at radius 1 is 1.00 bits per heavy atom. The second kappa shape index (κ2) is 5.94. The normalized spacial score (nSPS) is 11.6. The minimum Gasteiger partial charge on any atom is -0.334 e. The Labute approximate surface area is 144 Å². The molecule has 0 saturated heterocycles. The van der Waals surface area contributed by atoms with Gasteiger partial charge in [0, 0.05) is 25.6 Å². The second-order valence-corrected chi connectivity index (χ2v) is 5.81. The maximum atomic E-state index is 4.61. The molecule has 0 spiro atoms. The number of imidazole rings is 2. The van der Waals surface area contributed by atoms with Crippen LogP contribution in [-0.4, -0.2) is 34.1 Å². The molecule has 7 nitrogen and oxygen atoms in total. The van der Waals surface area contributed by atoms with E-state index in [1.54, 1.807) is 18.5 Å². The summed E-state index contributed by atoms with van der Waals surface area (Å²) in [5.74, 6) is 1.42. The van der Waals surface area contributed by atoms with Crippen molar-refractivity contribution in [3.8, 4) is 11.5 Å². The Kier molecular flexibility index (Phi) is 3.61. The molecule has 0 radical (unpaired) electrons. The summed E-state index contributed by atoms with van der Waals surface area (Å²) in [6.07, 6.45) is 9.20. The summed E-state index contributed by atoms with van der Waals surface area (Å²) >= 11 is 0. The van der Waals surface area contributed by atoms with Gasteiger partial charge in [0.15, 0.2) is 11.5 Å². The SMILES string of the molecule is Cc1nc2ccc(C=Cc3nc(-c4ncccn4)cn3C)nn2c1C. The van der Waals surface area contributed by atoms with E-state index in [1.807, 2.05) is 60.5 Å². The molecule has 4 heterocycles. The zero-order valence-corrected chi connectivity index (χ0v) is 14.2. The molecule has 4 aromatic rings. The number of aryl methyl sites for hydroxylation is 3. The third kappa shape index (κ3) is 2.80. The van der Waals surface area contributed by atoms with Gasteiger partial charge in [-0.3, -0.25) is 0 Å². The lowest BCUT2D eigenvalue weighted by Crippen LogP contribution is -1.96. The van der Waals surface area contributed by atoms with Gasteiger partial charge in [-0.25, -0.2) is 24.5 Å². The predicted octanol–water partition coefficient (Wildman–Crippen LogP) is 2.71. The quantitative estimate of drug-likeness (QED) is 0.577. The highest BCUT2D eigenvalue weighted by Crippen LogP contribution is 2.15. The average Bonchev–Trinajstić information content (AvgIpc) is 3.14. The van der Waals surface area contributed by atoms with Crippen LogP contribution in [0.3, 0.4) is 0 Å². The smallest absolute Gasteiger partial charge is 0.179 e. The number of hydrogen-bond donors (Lipinski definition) is 0. The van der Waals surface area contributed by atoms with Gasteiger partial charge in [0.1, 0.15) is 11.5 Å². The van der Waals surface area contributed by atoms with Gasteiger partial charge >= 0.3 is 0 Å². The summed E-state index contributed by atoms with van der Waals surface area (Å²) in [5.41, 5.74) is 4.48. The molecule has 0 amide bonds. The summed E-state index contributed by atoms with van der Waals surface area (Å²) in [6, 6.07) is 5.70. The van der Waals surface area contributed by atoms with Crippen LogP contribution in [0.5, 0.6) is 0 Å². The fourth-order valence-corrected chi connectivity index (χ4v) is 2.59. The maximum absolute atomic E-state index is 4.61. The van der Waals surface area contributed by atoms with Crippen LogP contribution < -0.4 is 0 Å². The first-order chi connectivity index (χ1) is 12.1. The van der Waals surface area contributed by atoms with Crippen LogP contribution in [0.1, 0.15) is 22.9 Å². The number of fused-ring (bicyclic) bond motifs is 1. The monoisotopic (exact) mass is 331 g/mol. The fraction of sp³-hybridized carbons (Fsp3) is 0.167. The summed E-state index contributed by atoms with van der Waals surface area (Å²) in [5, 5.41) is 4.61. The van der Waals surface area contributed by atoms with Crippen LogP contribution in [0.15, 0.2) is 36.8 Å². The zero-order chi connectivity index (χ0) is 17.4. The molecule has 0 aliphatic carbocycles. The van der Waals surface area contributed by atoms with Crippen molar-refractivity contribution >= 4 is 17.8 Å². The standard InChI is InChI=1S/C18H17N7/c1-12-13(2)25-17(21-12)8-6-14(23-25)5-7-16-22-15(11-24(16)3)18-19-9-4-10-20-18/h4-11H,1-3H3. The van der Waals surface area contributed by atoms with Gasteiger partial charge in [0.2, 0.25) is 0 Å². The van der Waals surface area contributed by atoms with E-state index in [9.17, 15) is 0 Å². The van der Waals surface area contributed by atoms with E-state index in [4.69, 9.17) is 0 Å². The molecule has 124 valence electrons. The van der Waals surface area contributed by atoms with Crippen LogP contribution >= 0.6 is 0 Å². The Bertz CT molecular complexity index is 1070. The van der Waals surface area contributed by atoms with Gasteiger partial charge in [0.25, 0.3) is 0 Å². The second-order valence-electron chi connectivity index (χ2n) is 5.81. The highest BCUT2D eigenvalue weighted by molar-refractivity contribution is 5.66. The first-order valence-electron chi connectivity index (χ1n) is 7.93. The Balaban J connectivity index is 1.66. The maximum Gasteiger partial charge on any atom is 0.179 e. The molecule has 0 aliphatic rings. The molecular formula is C18H17N7. The van der Waals surface area contributed by atoms with Crippen molar-refractivity contribution in [2.24, 2.45) is 7.05 Å². The molecule has 0 atom stereocenters. The molecule has 0 aromatic carbocycles. The van der Waals surface area contributed by atoms with Gasteiger partial charge in [-0.15, -0.1) is 0 Å². The highest BCUT2D eigenvalue weighted by atomic mass is 15.3. The number of hydrogen-bond acceptors (Lipinski definition) is 5. The van der Waals surface area contributed by atoms with Gasteiger partial charge in [-0.2, -0.15) is 5.10 Å². The number of aromatic nitrogens is 7. The molecule has 4 aromatic heterocycles. The molecule has 0 N–H and O–H groups in total. The Hall–Kier alpha value is -3.35. The van der Waals surface area contributed by atoms with E-state index in [2.05, 4.69) is 25.0 Å². The van der Waals surface area contributed by atoms with Gasteiger partial charge < -0.3 is 4.57 Å². The largest absolute Gasteiger partial charge is 0.334 e. The van der Waals surface area contributed by atoms with Crippen LogP contribution in [0.2, 0.25) is 0 Å². The van der Waals surface area contributed by atoms with Crippen molar-refractivity contribution in [2.75, 3.05) is 0 Å². The van der Waals surface area contributed by atoms with Crippen molar-refractivity contribution < 1.29 is 0 Å². The van der Waals surface area contributed by atoms with Gasteiger partial charge in [0.05, 0.1) is 17.1 Å². The summed E-state index contributed by atoms with van der Waals surface area (Å²) < 4.78 is 3.80. The van der Waals surface area contributed by atoms with Crippen LogP contribution in [0, 0.1) is 13.8 Å². The van der Waals surface area contributed by atoms with Crippen LogP contribution in [-0.2, 0) is 7.05 Å². The Morgan fingerprint density at radius 3 is 2.60 bits per heavy atom. The molecular weight excluding hydrogens is 314 g/mol. The van der Waals surface area contributed by atoms with Crippen molar-refractivity contribution in [1.82, 2.24) is 34.1 Å². The van der Waals surface area contributed by atoms with Crippen molar-refractivity contribution in [2.45, 2.75) is 13.8 Å². The van der Waals surface area contributed by atoms with E-state index in [0.29, 0.717) is 5.82 Å². The van der Waals surface area contributed by atoms with E-state index in [1.165, 1.54) is 0 Å². The Morgan fingerprint density at radius 2 is 1.80 bits per heavy atom. The van der Waals surface area contributed by atoms with Crippen LogP contribution in [0.4, 0.5) is 0 Å². The first kappa shape index (κ1) is 15.2. The summed E-state index contributed by atoms with van der Waals surface area (Å²) in [6.45, 7) is 4.00. The molecule has 0 saturated carbocycles. The van der Waals surface area contributed by atoms with E-state index in [0.717, 1.165) is 34.2 Å². The molecule has 0 unspecified atom stereocenters.